The highest BCUT2D eigenvalue weighted by Gasteiger charge is 2.42. The van der Waals surface area contributed by atoms with Gasteiger partial charge in [-0.05, 0) is 18.4 Å². The van der Waals surface area contributed by atoms with Crippen molar-refractivity contribution in [2.75, 3.05) is 6.54 Å². The lowest BCUT2D eigenvalue weighted by Crippen LogP contribution is -2.43. The maximum absolute atomic E-state index is 13.1. The van der Waals surface area contributed by atoms with Crippen molar-refractivity contribution in [3.05, 3.63) is 35.9 Å². The van der Waals surface area contributed by atoms with Crippen molar-refractivity contribution in [2.24, 2.45) is 0 Å². The van der Waals surface area contributed by atoms with Crippen molar-refractivity contribution < 1.29 is 18.3 Å². The minimum Gasteiger partial charge on any atom is -0.389 e. The van der Waals surface area contributed by atoms with E-state index >= 15 is 0 Å². The third-order valence-corrected chi connectivity index (χ3v) is 3.63. The molecule has 1 aromatic carbocycles. The van der Waals surface area contributed by atoms with Crippen LogP contribution in [0.2, 0.25) is 0 Å². The summed E-state index contributed by atoms with van der Waals surface area (Å²) in [4.78, 5) is 0. The quantitative estimate of drug-likeness (QED) is 0.883. The number of hydrogen-bond donors (Lipinski definition) is 2. The molecular weight excluding hydrogens is 255 g/mol. The van der Waals surface area contributed by atoms with Crippen molar-refractivity contribution >= 4 is 0 Å². The number of alkyl halides is 3. The van der Waals surface area contributed by atoms with Crippen LogP contribution in [0, 0.1) is 0 Å². The van der Waals surface area contributed by atoms with Crippen LogP contribution in [0.5, 0.6) is 0 Å². The van der Waals surface area contributed by atoms with Gasteiger partial charge in [-0.3, -0.25) is 5.32 Å². The normalized spacial score (nSPS) is 20.4. The Kier molecular flexibility index (Phi) is 4.16. The molecular formula is C14H18F3NO. The van der Waals surface area contributed by atoms with Gasteiger partial charge in [0.15, 0.2) is 0 Å². The third-order valence-electron chi connectivity index (χ3n) is 3.63. The van der Waals surface area contributed by atoms with Gasteiger partial charge in [0.25, 0.3) is 0 Å². The molecule has 2 N–H and O–H groups in total. The molecule has 19 heavy (non-hydrogen) atoms. The fraction of sp³-hybridized carbons (Fsp3) is 0.571. The Hall–Kier alpha value is -1.07. The number of aliphatic hydroxyl groups is 1. The second-order valence-corrected chi connectivity index (χ2v) is 5.20. The van der Waals surface area contributed by atoms with E-state index in [4.69, 9.17) is 0 Å². The van der Waals surface area contributed by atoms with Crippen LogP contribution < -0.4 is 5.32 Å². The van der Waals surface area contributed by atoms with E-state index in [1.807, 2.05) is 0 Å². The summed E-state index contributed by atoms with van der Waals surface area (Å²) in [6, 6.07) is 6.02. The second kappa shape index (κ2) is 5.51. The summed E-state index contributed by atoms with van der Waals surface area (Å²) in [7, 11) is 0. The van der Waals surface area contributed by atoms with E-state index in [-0.39, 0.29) is 12.1 Å². The van der Waals surface area contributed by atoms with Crippen LogP contribution in [-0.4, -0.2) is 23.4 Å². The first-order valence-corrected chi connectivity index (χ1v) is 6.48. The van der Waals surface area contributed by atoms with Crippen LogP contribution in [0.1, 0.15) is 37.3 Å². The largest absolute Gasteiger partial charge is 0.407 e. The fourth-order valence-corrected chi connectivity index (χ4v) is 2.57. The Labute approximate surface area is 110 Å². The number of hydrogen-bond acceptors (Lipinski definition) is 2. The van der Waals surface area contributed by atoms with E-state index in [9.17, 15) is 18.3 Å². The number of halogens is 3. The molecule has 2 nitrogen and oxygen atoms in total. The number of rotatable bonds is 4. The van der Waals surface area contributed by atoms with Crippen LogP contribution >= 0.6 is 0 Å². The molecule has 5 heteroatoms. The monoisotopic (exact) mass is 273 g/mol. The minimum atomic E-state index is -4.36. The van der Waals surface area contributed by atoms with E-state index in [0.29, 0.717) is 12.8 Å². The highest BCUT2D eigenvalue weighted by molar-refractivity contribution is 5.20. The van der Waals surface area contributed by atoms with Crippen molar-refractivity contribution in [1.29, 1.82) is 0 Å². The van der Waals surface area contributed by atoms with Crippen LogP contribution in [0.25, 0.3) is 0 Å². The molecule has 0 aromatic heterocycles. The third kappa shape index (κ3) is 3.70. The maximum atomic E-state index is 13.1. The summed E-state index contributed by atoms with van der Waals surface area (Å²) in [6.07, 6.45) is -1.48. The average molecular weight is 273 g/mol. The van der Waals surface area contributed by atoms with Crippen molar-refractivity contribution in [1.82, 2.24) is 5.32 Å². The van der Waals surface area contributed by atoms with E-state index < -0.39 is 17.8 Å². The predicted molar refractivity (Wildman–Crippen MR) is 66.7 cm³/mol. The number of nitrogens with one attached hydrogen (secondary N) is 1. The summed E-state index contributed by atoms with van der Waals surface area (Å²) in [5.41, 5.74) is -0.810. The Morgan fingerprint density at radius 2 is 1.74 bits per heavy atom. The second-order valence-electron chi connectivity index (χ2n) is 5.20. The molecule has 0 spiro atoms. The lowest BCUT2D eigenvalue weighted by Gasteiger charge is -2.28. The molecule has 1 aromatic rings. The van der Waals surface area contributed by atoms with E-state index in [2.05, 4.69) is 5.32 Å². The lowest BCUT2D eigenvalue weighted by atomic mass is 10.0. The molecule has 1 saturated carbocycles. The molecule has 1 atom stereocenters. The van der Waals surface area contributed by atoms with E-state index in [0.717, 1.165) is 12.8 Å². The molecule has 0 bridgehead atoms. The van der Waals surface area contributed by atoms with Crippen LogP contribution in [0.4, 0.5) is 13.2 Å². The van der Waals surface area contributed by atoms with Gasteiger partial charge in [-0.1, -0.05) is 43.2 Å². The smallest absolute Gasteiger partial charge is 0.389 e. The van der Waals surface area contributed by atoms with Gasteiger partial charge in [-0.25, -0.2) is 0 Å². The molecule has 0 radical (unpaired) electrons. The SMILES string of the molecule is OC1(CNC(c2ccccc2)C(F)(F)F)CCCC1. The van der Waals surface area contributed by atoms with Crippen molar-refractivity contribution in [3.8, 4) is 0 Å². The Morgan fingerprint density at radius 1 is 1.16 bits per heavy atom. The molecule has 1 aliphatic rings. The molecule has 0 aliphatic heterocycles. The van der Waals surface area contributed by atoms with E-state index in [1.54, 1.807) is 18.2 Å². The zero-order valence-corrected chi connectivity index (χ0v) is 10.6. The molecule has 1 fully saturated rings. The highest BCUT2D eigenvalue weighted by atomic mass is 19.4. The summed E-state index contributed by atoms with van der Waals surface area (Å²) in [5.74, 6) is 0. The summed E-state index contributed by atoms with van der Waals surface area (Å²) in [6.45, 7) is -0.0218. The zero-order valence-electron chi connectivity index (χ0n) is 10.6. The van der Waals surface area contributed by atoms with Gasteiger partial charge >= 0.3 is 6.18 Å². The Balaban J connectivity index is 2.07. The summed E-state index contributed by atoms with van der Waals surface area (Å²) >= 11 is 0. The Morgan fingerprint density at radius 3 is 2.26 bits per heavy atom. The summed E-state index contributed by atoms with van der Waals surface area (Å²) in [5, 5.41) is 12.6. The highest BCUT2D eigenvalue weighted by Crippen LogP contribution is 2.34. The van der Waals surface area contributed by atoms with Gasteiger partial charge in [0.2, 0.25) is 0 Å². The van der Waals surface area contributed by atoms with Crippen LogP contribution in [-0.2, 0) is 0 Å². The molecule has 1 aliphatic carbocycles. The predicted octanol–water partition coefficient (Wildman–Crippen LogP) is 3.18. The van der Waals surface area contributed by atoms with Crippen LogP contribution in [0.3, 0.4) is 0 Å². The standard InChI is InChI=1S/C14H18F3NO/c15-14(16,17)12(11-6-2-1-3-7-11)18-10-13(19)8-4-5-9-13/h1-3,6-7,12,18-19H,4-5,8-10H2. The average Bonchev–Trinajstić information content (AvgIpc) is 2.76. The molecule has 0 saturated heterocycles. The van der Waals surface area contributed by atoms with Crippen molar-refractivity contribution in [2.45, 2.75) is 43.5 Å². The van der Waals surface area contributed by atoms with Gasteiger partial charge in [0.05, 0.1) is 5.60 Å². The molecule has 2 rings (SSSR count). The van der Waals surface area contributed by atoms with Gasteiger partial charge in [0, 0.05) is 6.54 Å². The fourth-order valence-electron chi connectivity index (χ4n) is 2.57. The molecule has 106 valence electrons. The van der Waals surface area contributed by atoms with Gasteiger partial charge < -0.3 is 5.11 Å². The van der Waals surface area contributed by atoms with E-state index in [1.165, 1.54) is 12.1 Å². The van der Waals surface area contributed by atoms with Gasteiger partial charge in [0.1, 0.15) is 6.04 Å². The topological polar surface area (TPSA) is 32.3 Å². The first-order valence-electron chi connectivity index (χ1n) is 6.48. The summed E-state index contributed by atoms with van der Waals surface area (Å²) < 4.78 is 39.2. The first-order chi connectivity index (χ1) is 8.91. The van der Waals surface area contributed by atoms with Gasteiger partial charge in [-0.2, -0.15) is 13.2 Å². The zero-order chi connectivity index (χ0) is 13.9. The molecule has 1 unspecified atom stereocenters. The number of benzene rings is 1. The van der Waals surface area contributed by atoms with Gasteiger partial charge in [-0.15, -0.1) is 0 Å². The molecule has 0 heterocycles. The minimum absolute atomic E-state index is 0.0218. The maximum Gasteiger partial charge on any atom is 0.407 e. The Bertz CT molecular complexity index is 399. The lowest BCUT2D eigenvalue weighted by molar-refractivity contribution is -0.160. The molecule has 0 amide bonds. The first kappa shape index (κ1) is 14.3. The van der Waals surface area contributed by atoms with Crippen molar-refractivity contribution in [3.63, 3.8) is 0 Å². The van der Waals surface area contributed by atoms with Crippen LogP contribution in [0.15, 0.2) is 30.3 Å².